The van der Waals surface area contributed by atoms with E-state index >= 15 is 0 Å². The molecule has 0 bridgehead atoms. The fourth-order valence-corrected chi connectivity index (χ4v) is 2.46. The van der Waals surface area contributed by atoms with Crippen molar-refractivity contribution in [3.05, 3.63) is 53.1 Å². The van der Waals surface area contributed by atoms with Gasteiger partial charge in [0.1, 0.15) is 22.8 Å². The Morgan fingerprint density at radius 1 is 0.870 bits per heavy atom. The summed E-state index contributed by atoms with van der Waals surface area (Å²) in [7, 11) is 4.65. The molecule has 0 N–H and O–H groups in total. The Morgan fingerprint density at radius 2 is 1.39 bits per heavy atom. The number of ether oxygens (including phenoxy) is 3. The molecule has 0 saturated carbocycles. The van der Waals surface area contributed by atoms with Gasteiger partial charge in [-0.25, -0.2) is 0 Å². The fourth-order valence-electron chi connectivity index (χ4n) is 2.46. The maximum absolute atomic E-state index is 13.0. The van der Waals surface area contributed by atoms with Crippen LogP contribution in [0.5, 0.6) is 17.2 Å². The van der Waals surface area contributed by atoms with E-state index in [9.17, 15) is 4.79 Å². The van der Waals surface area contributed by atoms with Gasteiger partial charge in [-0.15, -0.1) is 0 Å². The van der Waals surface area contributed by atoms with Crippen LogP contribution in [0.15, 0.2) is 36.4 Å². The van der Waals surface area contributed by atoms with Crippen molar-refractivity contribution in [2.75, 3.05) is 21.3 Å². The molecule has 0 amide bonds. The van der Waals surface area contributed by atoms with Gasteiger partial charge >= 0.3 is 0 Å². The van der Waals surface area contributed by atoms with Gasteiger partial charge in [-0.05, 0) is 35.7 Å². The highest BCUT2D eigenvalue weighted by molar-refractivity contribution is 6.14. The molecule has 23 heavy (non-hydrogen) atoms. The number of benzene rings is 2. The van der Waals surface area contributed by atoms with Crippen molar-refractivity contribution in [3.8, 4) is 17.2 Å². The lowest BCUT2D eigenvalue weighted by molar-refractivity contribution is 0.103. The van der Waals surface area contributed by atoms with Gasteiger partial charge in [0.2, 0.25) is 5.78 Å². The lowest BCUT2D eigenvalue weighted by atomic mass is 9.95. The third kappa shape index (κ3) is 3.31. The molecule has 2 aromatic rings. The zero-order valence-electron chi connectivity index (χ0n) is 14.2. The van der Waals surface area contributed by atoms with E-state index in [0.29, 0.717) is 34.3 Å². The van der Waals surface area contributed by atoms with Crippen LogP contribution in [0.2, 0.25) is 0 Å². The molecule has 0 heterocycles. The quantitative estimate of drug-likeness (QED) is 0.754. The molecule has 122 valence electrons. The minimum Gasteiger partial charge on any atom is -0.496 e. The molecule has 0 radical (unpaired) electrons. The second kappa shape index (κ2) is 7.18. The van der Waals surface area contributed by atoms with Crippen LogP contribution < -0.4 is 14.2 Å². The van der Waals surface area contributed by atoms with Gasteiger partial charge in [0, 0.05) is 0 Å². The van der Waals surface area contributed by atoms with Crippen LogP contribution in [0.25, 0.3) is 0 Å². The molecule has 0 aliphatic rings. The molecule has 0 saturated heterocycles. The summed E-state index contributed by atoms with van der Waals surface area (Å²) in [5, 5.41) is 0. The van der Waals surface area contributed by atoms with E-state index in [2.05, 4.69) is 13.8 Å². The van der Waals surface area contributed by atoms with E-state index < -0.39 is 0 Å². The van der Waals surface area contributed by atoms with E-state index in [1.807, 2.05) is 18.2 Å². The number of hydrogen-bond donors (Lipinski definition) is 0. The predicted molar refractivity (Wildman–Crippen MR) is 90.1 cm³/mol. The minimum absolute atomic E-state index is 0.188. The number of carbonyl (C=O) groups excluding carboxylic acids is 1. The van der Waals surface area contributed by atoms with Crippen LogP contribution in [-0.2, 0) is 0 Å². The molecule has 2 rings (SSSR count). The average Bonchev–Trinajstić information content (AvgIpc) is 2.59. The summed E-state index contributed by atoms with van der Waals surface area (Å²) in [4.78, 5) is 13.0. The Morgan fingerprint density at radius 3 is 1.87 bits per heavy atom. The lowest BCUT2D eigenvalue weighted by Gasteiger charge is -2.17. The molecule has 0 aliphatic carbocycles. The Balaban J connectivity index is 2.64. The van der Waals surface area contributed by atoms with Gasteiger partial charge in [0.05, 0.1) is 26.9 Å². The molecule has 4 nitrogen and oxygen atoms in total. The van der Waals surface area contributed by atoms with Crippen LogP contribution in [0.1, 0.15) is 41.3 Å². The second-order valence-electron chi connectivity index (χ2n) is 5.48. The summed E-state index contributed by atoms with van der Waals surface area (Å²) in [5.74, 6) is 1.64. The summed E-state index contributed by atoms with van der Waals surface area (Å²) in [5.41, 5.74) is 1.93. The first-order valence-electron chi connectivity index (χ1n) is 7.47. The highest BCUT2D eigenvalue weighted by atomic mass is 16.5. The lowest BCUT2D eigenvalue weighted by Crippen LogP contribution is -2.09. The van der Waals surface area contributed by atoms with Crippen molar-refractivity contribution in [2.45, 2.75) is 19.8 Å². The first-order valence-corrected chi connectivity index (χ1v) is 7.47. The van der Waals surface area contributed by atoms with Gasteiger partial charge in [0.25, 0.3) is 0 Å². The number of rotatable bonds is 6. The number of hydrogen-bond acceptors (Lipinski definition) is 4. The molecule has 0 atom stereocenters. The van der Waals surface area contributed by atoms with Crippen molar-refractivity contribution in [2.24, 2.45) is 0 Å². The normalized spacial score (nSPS) is 10.5. The smallest absolute Gasteiger partial charge is 0.204 e. The Labute approximate surface area is 137 Å². The molecule has 0 aliphatic heterocycles. The van der Waals surface area contributed by atoms with Crippen molar-refractivity contribution < 1.29 is 19.0 Å². The van der Waals surface area contributed by atoms with Crippen LogP contribution >= 0.6 is 0 Å². The summed E-state index contributed by atoms with van der Waals surface area (Å²) in [6, 6.07) is 10.9. The number of carbonyl (C=O) groups is 1. The third-order valence-corrected chi connectivity index (χ3v) is 3.77. The molecular formula is C19H22O4. The highest BCUT2D eigenvalue weighted by Crippen LogP contribution is 2.36. The van der Waals surface area contributed by atoms with E-state index in [-0.39, 0.29) is 5.78 Å². The average molecular weight is 314 g/mol. The summed E-state index contributed by atoms with van der Waals surface area (Å²) >= 11 is 0. The van der Waals surface area contributed by atoms with Crippen molar-refractivity contribution in [3.63, 3.8) is 0 Å². The maximum Gasteiger partial charge on any atom is 0.204 e. The van der Waals surface area contributed by atoms with E-state index in [1.165, 1.54) is 0 Å². The summed E-state index contributed by atoms with van der Waals surface area (Å²) in [6.07, 6.45) is 0. The van der Waals surface area contributed by atoms with Gasteiger partial charge in [-0.2, -0.15) is 0 Å². The molecule has 0 unspecified atom stereocenters. The Hall–Kier alpha value is -2.49. The predicted octanol–water partition coefficient (Wildman–Crippen LogP) is 4.07. The van der Waals surface area contributed by atoms with Crippen LogP contribution in [0, 0.1) is 0 Å². The fraction of sp³-hybridized carbons (Fsp3) is 0.316. The van der Waals surface area contributed by atoms with Crippen molar-refractivity contribution in [1.29, 1.82) is 0 Å². The monoisotopic (exact) mass is 314 g/mol. The molecule has 0 spiro atoms. The van der Waals surface area contributed by atoms with Crippen molar-refractivity contribution >= 4 is 5.78 Å². The van der Waals surface area contributed by atoms with Gasteiger partial charge in [-0.3, -0.25) is 4.79 Å². The highest BCUT2D eigenvalue weighted by Gasteiger charge is 2.24. The van der Waals surface area contributed by atoms with Crippen LogP contribution in [-0.4, -0.2) is 27.1 Å². The SMILES string of the molecule is COc1ccccc1C(=O)c1c(OC)cc(C(C)C)cc1OC. The summed E-state index contributed by atoms with van der Waals surface area (Å²) in [6.45, 7) is 4.16. The first kappa shape index (κ1) is 16.9. The van der Waals surface area contributed by atoms with Crippen LogP contribution in [0.3, 0.4) is 0 Å². The number of ketones is 1. The summed E-state index contributed by atoms with van der Waals surface area (Å²) < 4.78 is 16.2. The zero-order chi connectivity index (χ0) is 17.0. The third-order valence-electron chi connectivity index (χ3n) is 3.77. The largest absolute Gasteiger partial charge is 0.496 e. The zero-order valence-corrected chi connectivity index (χ0v) is 14.2. The molecule has 4 heteroatoms. The van der Waals surface area contributed by atoms with Gasteiger partial charge < -0.3 is 14.2 Å². The minimum atomic E-state index is -0.188. The molecule has 0 fully saturated rings. The molecule has 2 aromatic carbocycles. The first-order chi connectivity index (χ1) is 11.0. The van der Waals surface area contributed by atoms with Crippen molar-refractivity contribution in [1.82, 2.24) is 0 Å². The number of methoxy groups -OCH3 is 3. The van der Waals surface area contributed by atoms with Gasteiger partial charge in [0.15, 0.2) is 0 Å². The maximum atomic E-state index is 13.0. The Kier molecular flexibility index (Phi) is 5.27. The van der Waals surface area contributed by atoms with E-state index in [4.69, 9.17) is 14.2 Å². The van der Waals surface area contributed by atoms with E-state index in [0.717, 1.165) is 5.56 Å². The Bertz CT molecular complexity index is 679. The van der Waals surface area contributed by atoms with Gasteiger partial charge in [-0.1, -0.05) is 26.0 Å². The standard InChI is InChI=1S/C19H22O4/c1-12(2)13-10-16(22-4)18(17(11-13)23-5)19(20)14-8-6-7-9-15(14)21-3/h6-12H,1-5H3. The number of para-hydroxylation sites is 1. The topological polar surface area (TPSA) is 44.8 Å². The second-order valence-corrected chi connectivity index (χ2v) is 5.48. The van der Waals surface area contributed by atoms with Crippen LogP contribution in [0.4, 0.5) is 0 Å². The van der Waals surface area contributed by atoms with E-state index in [1.54, 1.807) is 39.5 Å². The molecule has 0 aromatic heterocycles. The molecular weight excluding hydrogens is 292 g/mol.